The molecule has 18 nitrogen and oxygen atoms in total. The van der Waals surface area contributed by atoms with E-state index in [1.807, 2.05) is 108 Å². The van der Waals surface area contributed by atoms with Crippen LogP contribution in [0.1, 0.15) is 100.0 Å². The van der Waals surface area contributed by atoms with Crippen LogP contribution in [0.15, 0.2) is 95.2 Å². The van der Waals surface area contributed by atoms with Gasteiger partial charge < -0.3 is 59.1 Å². The Labute approximate surface area is 489 Å². The monoisotopic (exact) mass is 1150 g/mol. The molecule has 0 aliphatic carbocycles. The van der Waals surface area contributed by atoms with E-state index < -0.39 is 24.1 Å². The molecule has 440 valence electrons. The molecule has 2 aromatic heterocycles. The Morgan fingerprint density at radius 3 is 2.24 bits per heavy atom. The fourth-order valence-electron chi connectivity index (χ4n) is 11.5. The standard InChI is InChI=1S/C64H77N7O11S/c1-8-69(49-19-21-78-22-20-49)55-31-48(30-53(42(55)6)60(73)66-35-54-40(4)29-41(5)68-61(54)74)44-15-17-51(18-16-44)81-27-25-79-23-24-80-26-28-82-57-32-45(59-43(7)67-38-83-59)13-14-46(57)34-65-62(75)56-33-50(72)37-70(56)64(77)58(39(2)3)71-36-47-11-9-10-12-52(47)63(71)76/h9-18,29-32,38-39,49-50,56,58,72H,8,19-28,33-37H2,1-7H3,(H,65,75)(H,66,73)(H,68,74)/t50-,56+,58+/m1/s1. The van der Waals surface area contributed by atoms with Crippen LogP contribution >= 0.6 is 11.3 Å². The van der Waals surface area contributed by atoms with Crippen molar-refractivity contribution in [3.8, 4) is 33.1 Å². The fraction of sp³-hybridized carbons (Fsp3) is 0.438. The smallest absolute Gasteiger partial charge is 0.255 e. The summed E-state index contributed by atoms with van der Waals surface area (Å²) in [5.41, 5.74) is 11.9. The molecule has 0 radical (unpaired) electrons. The third-order valence-corrected chi connectivity index (χ3v) is 16.8. The molecule has 2 saturated heterocycles. The van der Waals surface area contributed by atoms with Crippen molar-refractivity contribution in [3.05, 3.63) is 151 Å². The maximum atomic E-state index is 14.3. The van der Waals surface area contributed by atoms with Gasteiger partial charge in [0.15, 0.2) is 0 Å². The lowest BCUT2D eigenvalue weighted by Gasteiger charge is -2.37. The minimum Gasteiger partial charge on any atom is -0.491 e. The molecule has 0 spiro atoms. The maximum absolute atomic E-state index is 14.3. The van der Waals surface area contributed by atoms with Crippen molar-refractivity contribution in [1.82, 2.24) is 30.4 Å². The number of hydrogen-bond donors (Lipinski definition) is 4. The molecule has 9 rings (SSSR count). The van der Waals surface area contributed by atoms with Crippen LogP contribution in [-0.4, -0.2) is 139 Å². The maximum Gasteiger partial charge on any atom is 0.255 e. The number of nitrogens with zero attached hydrogens (tertiary/aromatic N) is 4. The first-order chi connectivity index (χ1) is 40.1. The number of amides is 4. The molecule has 3 atom stereocenters. The number of pyridine rings is 1. The van der Waals surface area contributed by atoms with Gasteiger partial charge in [-0.25, -0.2) is 4.98 Å². The first-order valence-corrected chi connectivity index (χ1v) is 29.6. The number of carbonyl (C=O) groups is 4. The van der Waals surface area contributed by atoms with Crippen LogP contribution < -0.4 is 30.6 Å². The molecule has 0 saturated carbocycles. The SMILES string of the molecule is CCN(c1cc(-c2ccc(OCCOCCOCCOc3cc(-c4scnc4C)ccc3CNC(=O)[C@@H]3C[C@@H](O)CN3C(=O)[C@H](C(C)C)N3Cc4ccccc4C3=O)cc2)cc(C(=O)NCc2c(C)cc(C)[nH]c2=O)c1C)C1CCOCC1. The van der Waals surface area contributed by atoms with Gasteiger partial charge in [0.25, 0.3) is 17.4 Å². The Balaban J connectivity index is 0.754. The number of aromatic nitrogens is 2. The van der Waals surface area contributed by atoms with E-state index in [4.69, 9.17) is 23.7 Å². The third kappa shape index (κ3) is 14.3. The van der Waals surface area contributed by atoms with E-state index >= 15 is 0 Å². The van der Waals surface area contributed by atoms with Crippen LogP contribution in [0.25, 0.3) is 21.6 Å². The molecule has 3 aliphatic rings. The number of rotatable bonds is 25. The predicted octanol–water partition coefficient (Wildman–Crippen LogP) is 8.08. The second-order valence-electron chi connectivity index (χ2n) is 21.9. The Bertz CT molecular complexity index is 3320. The number of anilines is 1. The van der Waals surface area contributed by atoms with Crippen LogP contribution in [0, 0.1) is 33.6 Å². The van der Waals surface area contributed by atoms with E-state index in [1.54, 1.807) is 22.5 Å². The van der Waals surface area contributed by atoms with E-state index in [2.05, 4.69) is 38.5 Å². The van der Waals surface area contributed by atoms with E-state index in [0.29, 0.717) is 79.9 Å². The fourth-order valence-corrected chi connectivity index (χ4v) is 12.3. The van der Waals surface area contributed by atoms with Crippen LogP contribution in [0.4, 0.5) is 5.69 Å². The summed E-state index contributed by atoms with van der Waals surface area (Å²) in [6.07, 6.45) is 0.975. The van der Waals surface area contributed by atoms with E-state index in [-0.39, 0.29) is 74.5 Å². The number of hydrogen-bond acceptors (Lipinski definition) is 14. The highest BCUT2D eigenvalue weighted by Gasteiger charge is 2.46. The van der Waals surface area contributed by atoms with Crippen molar-refractivity contribution >= 4 is 40.7 Å². The lowest BCUT2D eigenvalue weighted by Crippen LogP contribution is -2.55. The summed E-state index contributed by atoms with van der Waals surface area (Å²) in [7, 11) is 0. The summed E-state index contributed by atoms with van der Waals surface area (Å²) < 4.78 is 29.8. The number of β-amino-alcohol motifs (C(OH)–C–C–N with tert-alkyl or cyclic N) is 1. The third-order valence-electron chi connectivity index (χ3n) is 15.8. The van der Waals surface area contributed by atoms with Gasteiger partial charge in [0.1, 0.15) is 36.8 Å². The number of nitrogens with one attached hydrogen (secondary N) is 3. The minimum absolute atomic E-state index is 0.0116. The van der Waals surface area contributed by atoms with E-state index in [1.165, 1.54) is 16.2 Å². The van der Waals surface area contributed by atoms with Crippen molar-refractivity contribution in [2.24, 2.45) is 5.92 Å². The summed E-state index contributed by atoms with van der Waals surface area (Å²) in [5, 5.41) is 16.8. The Morgan fingerprint density at radius 1 is 0.843 bits per heavy atom. The second-order valence-corrected chi connectivity index (χ2v) is 22.7. The first-order valence-electron chi connectivity index (χ1n) is 28.8. The topological polar surface area (TPSA) is 214 Å². The van der Waals surface area contributed by atoms with Gasteiger partial charge in [-0.05, 0) is 129 Å². The van der Waals surface area contributed by atoms with Crippen molar-refractivity contribution < 1.29 is 48.0 Å². The molecule has 5 heterocycles. The Kier molecular flexibility index (Phi) is 20.1. The van der Waals surface area contributed by atoms with Crippen LogP contribution in [0.3, 0.4) is 0 Å². The molecule has 19 heteroatoms. The summed E-state index contributed by atoms with van der Waals surface area (Å²) in [4.78, 5) is 82.3. The zero-order chi connectivity index (χ0) is 58.7. The lowest BCUT2D eigenvalue weighted by molar-refractivity contribution is -0.143. The molecule has 2 fully saturated rings. The minimum atomic E-state index is -0.926. The van der Waals surface area contributed by atoms with Gasteiger partial charge >= 0.3 is 0 Å². The molecule has 4 N–H and O–H groups in total. The average molecular weight is 1150 g/mol. The number of ether oxygens (including phenoxy) is 5. The van der Waals surface area contributed by atoms with Gasteiger partial charge in [-0.1, -0.05) is 56.3 Å². The number of aryl methyl sites for hydroxylation is 3. The summed E-state index contributed by atoms with van der Waals surface area (Å²) >= 11 is 1.52. The average Bonchev–Trinajstić information content (AvgIpc) is 3.33. The molecule has 4 amide bonds. The van der Waals surface area contributed by atoms with Gasteiger partial charge in [0, 0.05) is 92.0 Å². The Morgan fingerprint density at radius 2 is 1.55 bits per heavy atom. The number of H-pyrrole nitrogens is 1. The van der Waals surface area contributed by atoms with Crippen molar-refractivity contribution in [3.63, 3.8) is 0 Å². The zero-order valence-corrected chi connectivity index (χ0v) is 49.4. The van der Waals surface area contributed by atoms with Gasteiger partial charge in [0.2, 0.25) is 11.8 Å². The van der Waals surface area contributed by atoms with Gasteiger partial charge in [-0.2, -0.15) is 0 Å². The molecule has 6 aromatic rings. The highest BCUT2D eigenvalue weighted by Crippen LogP contribution is 2.36. The van der Waals surface area contributed by atoms with Crippen LogP contribution in [0.2, 0.25) is 0 Å². The number of likely N-dealkylation sites (tertiary alicyclic amines) is 1. The van der Waals surface area contributed by atoms with Gasteiger partial charge in [-0.3, -0.25) is 24.0 Å². The zero-order valence-electron chi connectivity index (χ0n) is 48.6. The van der Waals surface area contributed by atoms with Gasteiger partial charge in [-0.15, -0.1) is 11.3 Å². The number of fused-ring (bicyclic) bond motifs is 1. The molecular formula is C64H77N7O11S. The predicted molar refractivity (Wildman–Crippen MR) is 319 cm³/mol. The number of aromatic amines is 1. The normalized spacial score (nSPS) is 16.5. The lowest BCUT2D eigenvalue weighted by atomic mass is 9.95. The van der Waals surface area contributed by atoms with Gasteiger partial charge in [0.05, 0.1) is 48.6 Å². The highest BCUT2D eigenvalue weighted by atomic mass is 32.1. The molecule has 0 bridgehead atoms. The van der Waals surface area contributed by atoms with E-state index in [0.717, 1.165) is 74.7 Å². The number of carbonyl (C=O) groups excluding carboxylic acids is 4. The summed E-state index contributed by atoms with van der Waals surface area (Å²) in [6.45, 7) is 18.0. The second kappa shape index (κ2) is 27.8. The highest BCUT2D eigenvalue weighted by molar-refractivity contribution is 7.13. The largest absolute Gasteiger partial charge is 0.491 e. The molecule has 83 heavy (non-hydrogen) atoms. The number of benzene rings is 4. The quantitative estimate of drug-likeness (QED) is 0.0400. The number of thiazole rings is 1. The Hall–Kier alpha value is -7.42. The molecular weight excluding hydrogens is 1070 g/mol. The van der Waals surface area contributed by atoms with Crippen LogP contribution in [-0.2, 0) is 43.4 Å². The summed E-state index contributed by atoms with van der Waals surface area (Å²) in [5.74, 6) is -0.249. The number of aliphatic hydroxyl groups excluding tert-OH is 1. The number of aliphatic hydroxyl groups is 1. The summed E-state index contributed by atoms with van der Waals surface area (Å²) in [6, 6.07) is 25.4. The van der Waals surface area contributed by atoms with E-state index in [9.17, 15) is 29.1 Å². The molecule has 0 unspecified atom stereocenters. The molecule has 3 aliphatic heterocycles. The van der Waals surface area contributed by atoms with Crippen molar-refractivity contribution in [2.75, 3.05) is 70.8 Å². The first kappa shape index (κ1) is 60.2. The van der Waals surface area contributed by atoms with Crippen LogP contribution in [0.5, 0.6) is 11.5 Å². The van der Waals surface area contributed by atoms with Crippen molar-refractivity contribution in [1.29, 1.82) is 0 Å². The molecule has 4 aromatic carbocycles. The van der Waals surface area contributed by atoms with Crippen molar-refractivity contribution in [2.45, 2.75) is 112 Å².